The van der Waals surface area contributed by atoms with Crippen LogP contribution in [0, 0.1) is 0 Å². The number of benzene rings is 1. The highest BCUT2D eigenvalue weighted by Crippen LogP contribution is 2.30. The van der Waals surface area contributed by atoms with Crippen LogP contribution in [0.3, 0.4) is 0 Å². The van der Waals surface area contributed by atoms with Crippen LogP contribution in [-0.4, -0.2) is 43.4 Å². The molecule has 7 heteroatoms. The number of sulfonamides is 1. The zero-order valence-corrected chi connectivity index (χ0v) is 14.9. The first-order valence-corrected chi connectivity index (χ1v) is 9.69. The van der Waals surface area contributed by atoms with Crippen molar-refractivity contribution in [3.63, 3.8) is 0 Å². The zero-order valence-electron chi connectivity index (χ0n) is 12.5. The van der Waals surface area contributed by atoms with Gasteiger partial charge < -0.3 is 5.32 Å². The van der Waals surface area contributed by atoms with Crippen LogP contribution >= 0.6 is 23.4 Å². The summed E-state index contributed by atoms with van der Waals surface area (Å²) in [6, 6.07) is 4.98. The number of nitrogens with zero attached hydrogens (tertiary/aromatic N) is 1. The molecule has 0 spiro atoms. The highest BCUT2D eigenvalue weighted by atomic mass is 35.5. The van der Waals surface area contributed by atoms with E-state index in [1.807, 2.05) is 18.8 Å². The molecule has 1 aromatic rings. The fourth-order valence-electron chi connectivity index (χ4n) is 2.50. The van der Waals surface area contributed by atoms with Gasteiger partial charge in [0.15, 0.2) is 0 Å². The SMILES string of the molecule is CNCc1ccc(S(=O)(=O)N2CC(C)SC(C)C2)cc1Cl. The molecule has 2 atom stereocenters. The average Bonchev–Trinajstić information content (AvgIpc) is 2.40. The molecule has 2 rings (SSSR count). The van der Waals surface area contributed by atoms with Crippen molar-refractivity contribution in [2.24, 2.45) is 0 Å². The predicted octanol–water partition coefficient (Wildman–Crippen LogP) is 2.57. The minimum absolute atomic E-state index is 0.277. The lowest BCUT2D eigenvalue weighted by atomic mass is 10.2. The molecule has 1 N–H and O–H groups in total. The van der Waals surface area contributed by atoms with Gasteiger partial charge in [-0.25, -0.2) is 8.42 Å². The molecular weight excluding hydrogens is 328 g/mol. The van der Waals surface area contributed by atoms with Crippen molar-refractivity contribution in [2.45, 2.75) is 35.8 Å². The standard InChI is InChI=1S/C14H21ClN2O2S2/c1-10-8-17(9-11(2)20-10)21(18,19)13-5-4-12(7-16-3)14(15)6-13/h4-6,10-11,16H,7-9H2,1-3H3. The summed E-state index contributed by atoms with van der Waals surface area (Å²) in [7, 11) is -1.64. The van der Waals surface area contributed by atoms with Gasteiger partial charge in [-0.15, -0.1) is 0 Å². The summed E-state index contributed by atoms with van der Waals surface area (Å²) < 4.78 is 27.1. The largest absolute Gasteiger partial charge is 0.316 e. The molecule has 2 unspecified atom stereocenters. The van der Waals surface area contributed by atoms with Gasteiger partial charge in [0.1, 0.15) is 0 Å². The van der Waals surface area contributed by atoms with Gasteiger partial charge in [-0.1, -0.05) is 31.5 Å². The number of hydrogen-bond acceptors (Lipinski definition) is 4. The first-order valence-electron chi connectivity index (χ1n) is 6.93. The summed E-state index contributed by atoms with van der Waals surface area (Å²) in [5.74, 6) is 0. The van der Waals surface area contributed by atoms with Crippen molar-refractivity contribution < 1.29 is 8.42 Å². The van der Waals surface area contributed by atoms with Gasteiger partial charge in [0.25, 0.3) is 0 Å². The summed E-state index contributed by atoms with van der Waals surface area (Å²) in [5.41, 5.74) is 0.897. The maximum Gasteiger partial charge on any atom is 0.243 e. The molecule has 1 aliphatic rings. The quantitative estimate of drug-likeness (QED) is 0.908. The summed E-state index contributed by atoms with van der Waals surface area (Å²) >= 11 is 8.01. The fraction of sp³-hybridized carbons (Fsp3) is 0.571. The van der Waals surface area contributed by atoms with Crippen LogP contribution in [0.2, 0.25) is 5.02 Å². The van der Waals surface area contributed by atoms with Crippen LogP contribution in [0.25, 0.3) is 0 Å². The number of hydrogen-bond donors (Lipinski definition) is 1. The summed E-state index contributed by atoms with van der Waals surface area (Å²) in [6.45, 7) is 5.84. The lowest BCUT2D eigenvalue weighted by Crippen LogP contribution is -2.43. The topological polar surface area (TPSA) is 49.4 Å². The van der Waals surface area contributed by atoms with Gasteiger partial charge in [0.2, 0.25) is 10.0 Å². The molecule has 21 heavy (non-hydrogen) atoms. The normalized spacial score (nSPS) is 24.2. The van der Waals surface area contributed by atoms with Gasteiger partial charge in [0.05, 0.1) is 4.90 Å². The average molecular weight is 349 g/mol. The van der Waals surface area contributed by atoms with Crippen molar-refractivity contribution in [1.29, 1.82) is 0 Å². The van der Waals surface area contributed by atoms with Crippen molar-refractivity contribution >= 4 is 33.4 Å². The Balaban J connectivity index is 2.29. The van der Waals surface area contributed by atoms with E-state index in [1.54, 1.807) is 22.5 Å². The minimum Gasteiger partial charge on any atom is -0.316 e. The third-order valence-electron chi connectivity index (χ3n) is 3.42. The Kier molecular flexibility index (Phi) is 5.59. The molecule has 118 valence electrons. The third kappa shape index (κ3) is 3.93. The molecule has 0 saturated carbocycles. The van der Waals surface area contributed by atoms with Gasteiger partial charge in [-0.05, 0) is 24.7 Å². The molecule has 1 aromatic carbocycles. The van der Waals surface area contributed by atoms with Crippen LogP contribution in [-0.2, 0) is 16.6 Å². The Morgan fingerprint density at radius 3 is 2.48 bits per heavy atom. The first-order chi connectivity index (χ1) is 9.84. The number of halogens is 1. The van der Waals surface area contributed by atoms with E-state index in [9.17, 15) is 8.42 Å². The maximum atomic E-state index is 12.7. The minimum atomic E-state index is -3.47. The van der Waals surface area contributed by atoms with Crippen molar-refractivity contribution in [3.05, 3.63) is 28.8 Å². The molecule has 1 saturated heterocycles. The van der Waals surface area contributed by atoms with Crippen molar-refractivity contribution in [3.8, 4) is 0 Å². The monoisotopic (exact) mass is 348 g/mol. The summed E-state index contributed by atoms with van der Waals surface area (Å²) in [5, 5.41) is 4.11. The van der Waals surface area contributed by atoms with Crippen molar-refractivity contribution in [1.82, 2.24) is 9.62 Å². The molecule has 0 amide bonds. The Labute approximate surface area is 136 Å². The van der Waals surface area contributed by atoms with Gasteiger partial charge >= 0.3 is 0 Å². The Morgan fingerprint density at radius 1 is 1.33 bits per heavy atom. The third-order valence-corrected chi connectivity index (χ3v) is 6.82. The molecule has 1 fully saturated rings. The fourth-order valence-corrected chi connectivity index (χ4v) is 5.97. The van der Waals surface area contributed by atoms with Crippen molar-refractivity contribution in [2.75, 3.05) is 20.1 Å². The van der Waals surface area contributed by atoms with Crippen LogP contribution in [0.5, 0.6) is 0 Å². The summed E-state index contributed by atoms with van der Waals surface area (Å²) in [6.07, 6.45) is 0. The molecule has 0 aromatic heterocycles. The molecule has 1 aliphatic heterocycles. The highest BCUT2D eigenvalue weighted by molar-refractivity contribution is 8.00. The van der Waals surface area contributed by atoms with E-state index in [0.29, 0.717) is 35.2 Å². The van der Waals surface area contributed by atoms with Crippen LogP contribution in [0.15, 0.2) is 23.1 Å². The second kappa shape index (κ2) is 6.87. The molecule has 4 nitrogen and oxygen atoms in total. The van der Waals surface area contributed by atoms with E-state index < -0.39 is 10.0 Å². The van der Waals surface area contributed by atoms with Gasteiger partial charge in [0, 0.05) is 35.2 Å². The molecule has 0 radical (unpaired) electrons. The highest BCUT2D eigenvalue weighted by Gasteiger charge is 2.32. The predicted molar refractivity (Wildman–Crippen MR) is 89.5 cm³/mol. The Morgan fingerprint density at radius 2 is 1.95 bits per heavy atom. The number of thioether (sulfide) groups is 1. The number of nitrogens with one attached hydrogen (secondary N) is 1. The van der Waals surface area contributed by atoms with E-state index in [0.717, 1.165) is 5.56 Å². The van der Waals surface area contributed by atoms with E-state index >= 15 is 0 Å². The van der Waals surface area contributed by atoms with E-state index in [-0.39, 0.29) is 4.90 Å². The van der Waals surface area contributed by atoms with E-state index in [4.69, 9.17) is 11.6 Å². The Hall–Kier alpha value is -0.270. The van der Waals surface area contributed by atoms with E-state index in [2.05, 4.69) is 19.2 Å². The lowest BCUT2D eigenvalue weighted by molar-refractivity contribution is 0.405. The first kappa shape index (κ1) is 17.1. The zero-order chi connectivity index (χ0) is 15.6. The Bertz CT molecular complexity index is 597. The molecular formula is C14H21ClN2O2S2. The number of rotatable bonds is 4. The molecule has 0 bridgehead atoms. The smallest absolute Gasteiger partial charge is 0.243 e. The summed E-state index contributed by atoms with van der Waals surface area (Å²) in [4.78, 5) is 0.277. The second-order valence-corrected chi connectivity index (χ2v) is 9.59. The van der Waals surface area contributed by atoms with E-state index in [1.165, 1.54) is 0 Å². The van der Waals surface area contributed by atoms with Gasteiger partial charge in [-0.3, -0.25) is 0 Å². The molecule has 1 heterocycles. The van der Waals surface area contributed by atoms with Crippen LogP contribution in [0.4, 0.5) is 0 Å². The van der Waals surface area contributed by atoms with Crippen LogP contribution < -0.4 is 5.32 Å². The molecule has 0 aliphatic carbocycles. The van der Waals surface area contributed by atoms with Crippen LogP contribution in [0.1, 0.15) is 19.4 Å². The second-order valence-electron chi connectivity index (χ2n) is 5.36. The lowest BCUT2D eigenvalue weighted by Gasteiger charge is -2.33. The maximum absolute atomic E-state index is 12.7. The van der Waals surface area contributed by atoms with Gasteiger partial charge in [-0.2, -0.15) is 16.1 Å².